The Morgan fingerprint density at radius 1 is 1.40 bits per heavy atom. The zero-order valence-electron chi connectivity index (χ0n) is 12.3. The van der Waals surface area contributed by atoms with Crippen LogP contribution in [0.1, 0.15) is 32.3 Å². The van der Waals surface area contributed by atoms with E-state index in [2.05, 4.69) is 5.32 Å². The highest BCUT2D eigenvalue weighted by Gasteiger charge is 2.28. The molecule has 1 amide bonds. The molecule has 20 heavy (non-hydrogen) atoms. The molecule has 1 aliphatic carbocycles. The number of rotatable bonds is 7. The molecule has 4 nitrogen and oxygen atoms in total. The number of hydrogen-bond acceptors (Lipinski definition) is 3. The van der Waals surface area contributed by atoms with Crippen LogP contribution < -0.4 is 15.8 Å². The quantitative estimate of drug-likeness (QED) is 0.799. The second-order valence-electron chi connectivity index (χ2n) is 5.76. The van der Waals surface area contributed by atoms with Crippen LogP contribution in [0.2, 0.25) is 0 Å². The first-order valence-electron chi connectivity index (χ1n) is 7.33. The summed E-state index contributed by atoms with van der Waals surface area (Å²) in [6.07, 6.45) is 2.83. The van der Waals surface area contributed by atoms with E-state index in [-0.39, 0.29) is 18.1 Å². The Hall–Kier alpha value is -1.55. The zero-order chi connectivity index (χ0) is 14.5. The van der Waals surface area contributed by atoms with Crippen LogP contribution >= 0.6 is 0 Å². The second kappa shape index (κ2) is 6.75. The van der Waals surface area contributed by atoms with E-state index in [0.29, 0.717) is 18.9 Å². The van der Waals surface area contributed by atoms with Gasteiger partial charge in [0.1, 0.15) is 5.75 Å². The van der Waals surface area contributed by atoms with Gasteiger partial charge in [0.25, 0.3) is 0 Å². The molecule has 3 N–H and O–H groups in total. The summed E-state index contributed by atoms with van der Waals surface area (Å²) in [5, 5.41) is 2.91. The molecule has 0 bridgehead atoms. The number of hydrogen-bond donors (Lipinski definition) is 2. The monoisotopic (exact) mass is 276 g/mol. The van der Waals surface area contributed by atoms with Gasteiger partial charge in [-0.3, -0.25) is 4.79 Å². The summed E-state index contributed by atoms with van der Waals surface area (Å²) >= 11 is 0. The predicted octanol–water partition coefficient (Wildman–Crippen LogP) is 1.87. The molecular formula is C16H24N2O2. The summed E-state index contributed by atoms with van der Waals surface area (Å²) in [5.74, 6) is 1.39. The Kier molecular flexibility index (Phi) is 5.01. The van der Waals surface area contributed by atoms with E-state index < -0.39 is 0 Å². The number of carbonyl (C=O) groups excluding carboxylic acids is 1. The fourth-order valence-electron chi connectivity index (χ4n) is 2.18. The summed E-state index contributed by atoms with van der Waals surface area (Å²) in [7, 11) is 0. The van der Waals surface area contributed by atoms with Crippen molar-refractivity contribution in [2.75, 3.05) is 6.54 Å². The van der Waals surface area contributed by atoms with E-state index in [9.17, 15) is 4.79 Å². The highest BCUT2D eigenvalue weighted by atomic mass is 16.5. The number of carbonyl (C=O) groups is 1. The number of nitrogens with one attached hydrogen (secondary N) is 1. The van der Waals surface area contributed by atoms with Gasteiger partial charge < -0.3 is 15.8 Å². The van der Waals surface area contributed by atoms with Crippen molar-refractivity contribution in [3.05, 3.63) is 29.8 Å². The van der Waals surface area contributed by atoms with Crippen LogP contribution in [0.5, 0.6) is 5.75 Å². The van der Waals surface area contributed by atoms with Gasteiger partial charge in [0, 0.05) is 18.2 Å². The fraction of sp³-hybridized carbons (Fsp3) is 0.562. The first-order valence-corrected chi connectivity index (χ1v) is 7.33. The first-order chi connectivity index (χ1) is 9.56. The van der Waals surface area contributed by atoms with Gasteiger partial charge in [0.2, 0.25) is 5.91 Å². The number of nitrogens with two attached hydrogens (primary N) is 1. The van der Waals surface area contributed by atoms with E-state index in [4.69, 9.17) is 10.5 Å². The van der Waals surface area contributed by atoms with Gasteiger partial charge in [-0.15, -0.1) is 0 Å². The van der Waals surface area contributed by atoms with Crippen LogP contribution in [0.4, 0.5) is 0 Å². The Balaban J connectivity index is 1.86. The lowest BCUT2D eigenvalue weighted by molar-refractivity contribution is -0.120. The van der Waals surface area contributed by atoms with Gasteiger partial charge in [0.15, 0.2) is 0 Å². The predicted molar refractivity (Wildman–Crippen MR) is 79.6 cm³/mol. The molecule has 0 saturated heterocycles. The van der Waals surface area contributed by atoms with Crippen LogP contribution in [-0.2, 0) is 11.2 Å². The number of para-hydroxylation sites is 1. The van der Waals surface area contributed by atoms with Crippen LogP contribution in [0, 0.1) is 5.92 Å². The minimum atomic E-state index is 0.000839. The topological polar surface area (TPSA) is 64.3 Å². The second-order valence-corrected chi connectivity index (χ2v) is 5.76. The SMILES string of the molecule is CC(C)Oc1ccccc1CC(=O)NCC(N)C1CC1. The summed E-state index contributed by atoms with van der Waals surface area (Å²) in [4.78, 5) is 12.0. The Morgan fingerprint density at radius 3 is 2.75 bits per heavy atom. The van der Waals surface area contributed by atoms with E-state index in [1.165, 1.54) is 12.8 Å². The van der Waals surface area contributed by atoms with Crippen molar-refractivity contribution < 1.29 is 9.53 Å². The maximum atomic E-state index is 12.0. The van der Waals surface area contributed by atoms with Gasteiger partial charge in [-0.1, -0.05) is 18.2 Å². The molecule has 0 aromatic heterocycles. The van der Waals surface area contributed by atoms with Crippen LogP contribution in [0.25, 0.3) is 0 Å². The number of ether oxygens (including phenoxy) is 1. The van der Waals surface area contributed by atoms with Crippen LogP contribution in [0.3, 0.4) is 0 Å². The molecule has 1 saturated carbocycles. The van der Waals surface area contributed by atoms with Gasteiger partial charge in [-0.05, 0) is 38.7 Å². The van der Waals surface area contributed by atoms with E-state index >= 15 is 0 Å². The van der Waals surface area contributed by atoms with Crippen molar-refractivity contribution in [1.29, 1.82) is 0 Å². The lowest BCUT2D eigenvalue weighted by Crippen LogP contribution is -2.39. The van der Waals surface area contributed by atoms with Crippen LogP contribution in [-0.4, -0.2) is 24.6 Å². The van der Waals surface area contributed by atoms with Crippen molar-refractivity contribution in [2.24, 2.45) is 11.7 Å². The molecule has 1 aromatic rings. The molecule has 0 spiro atoms. The van der Waals surface area contributed by atoms with Crippen molar-refractivity contribution >= 4 is 5.91 Å². The molecular weight excluding hydrogens is 252 g/mol. The molecule has 1 fully saturated rings. The summed E-state index contributed by atoms with van der Waals surface area (Å²) in [6.45, 7) is 4.52. The van der Waals surface area contributed by atoms with Crippen molar-refractivity contribution in [3.8, 4) is 5.75 Å². The third kappa shape index (κ3) is 4.53. The Labute approximate surface area is 120 Å². The lowest BCUT2D eigenvalue weighted by atomic mass is 10.1. The number of amides is 1. The minimum Gasteiger partial charge on any atom is -0.491 e. The average molecular weight is 276 g/mol. The van der Waals surface area contributed by atoms with Crippen LogP contribution in [0.15, 0.2) is 24.3 Å². The van der Waals surface area contributed by atoms with Gasteiger partial charge >= 0.3 is 0 Å². The average Bonchev–Trinajstić information content (AvgIpc) is 3.22. The molecule has 4 heteroatoms. The van der Waals surface area contributed by atoms with Crippen molar-refractivity contribution in [1.82, 2.24) is 5.32 Å². The lowest BCUT2D eigenvalue weighted by Gasteiger charge is -2.15. The summed E-state index contributed by atoms with van der Waals surface area (Å²) < 4.78 is 5.72. The largest absolute Gasteiger partial charge is 0.491 e. The maximum absolute atomic E-state index is 12.0. The molecule has 1 aliphatic rings. The zero-order valence-corrected chi connectivity index (χ0v) is 12.3. The van der Waals surface area contributed by atoms with Gasteiger partial charge in [-0.25, -0.2) is 0 Å². The van der Waals surface area contributed by atoms with Gasteiger partial charge in [-0.2, -0.15) is 0 Å². The molecule has 1 aromatic carbocycles. The molecule has 2 rings (SSSR count). The highest BCUT2D eigenvalue weighted by molar-refractivity contribution is 5.79. The first kappa shape index (κ1) is 14.9. The molecule has 110 valence electrons. The van der Waals surface area contributed by atoms with Crippen molar-refractivity contribution in [3.63, 3.8) is 0 Å². The van der Waals surface area contributed by atoms with Gasteiger partial charge in [0.05, 0.1) is 12.5 Å². The molecule has 0 radical (unpaired) electrons. The third-order valence-corrected chi connectivity index (χ3v) is 3.45. The van der Waals surface area contributed by atoms with E-state index in [1.807, 2.05) is 38.1 Å². The standard InChI is InChI=1S/C16H24N2O2/c1-11(2)20-15-6-4-3-5-13(15)9-16(19)18-10-14(17)12-7-8-12/h3-6,11-12,14H,7-10,17H2,1-2H3,(H,18,19). The highest BCUT2D eigenvalue weighted by Crippen LogP contribution is 2.31. The van der Waals surface area contributed by atoms with Crippen molar-refractivity contribution in [2.45, 2.75) is 45.3 Å². The molecule has 1 atom stereocenters. The third-order valence-electron chi connectivity index (χ3n) is 3.45. The molecule has 1 unspecified atom stereocenters. The maximum Gasteiger partial charge on any atom is 0.224 e. The summed E-state index contributed by atoms with van der Waals surface area (Å²) in [6, 6.07) is 7.77. The fourth-order valence-corrected chi connectivity index (χ4v) is 2.18. The number of benzene rings is 1. The Morgan fingerprint density at radius 2 is 2.10 bits per heavy atom. The molecule has 0 aliphatic heterocycles. The van der Waals surface area contributed by atoms with E-state index in [0.717, 1.165) is 11.3 Å². The Bertz CT molecular complexity index is 456. The summed E-state index contributed by atoms with van der Waals surface area (Å²) in [5.41, 5.74) is 6.89. The normalized spacial score (nSPS) is 16.0. The molecule has 0 heterocycles. The smallest absolute Gasteiger partial charge is 0.224 e. The van der Waals surface area contributed by atoms with E-state index in [1.54, 1.807) is 0 Å². The minimum absolute atomic E-state index is 0.000839.